The molecule has 31 heavy (non-hydrogen) atoms. The number of nitrogens with zero attached hydrogens (tertiary/aromatic N) is 4. The second-order valence-electron chi connectivity index (χ2n) is 7.31. The molecule has 1 fully saturated rings. The summed E-state index contributed by atoms with van der Waals surface area (Å²) >= 11 is 0. The number of anilines is 3. The number of nitrogens with one attached hydrogen (secondary N) is 1. The van der Waals surface area contributed by atoms with E-state index in [0.29, 0.717) is 28.3 Å². The fourth-order valence-corrected chi connectivity index (χ4v) is 3.78. The van der Waals surface area contributed by atoms with Gasteiger partial charge in [-0.3, -0.25) is 4.79 Å². The van der Waals surface area contributed by atoms with Crippen molar-refractivity contribution < 1.29 is 9.53 Å². The van der Waals surface area contributed by atoms with Gasteiger partial charge < -0.3 is 25.1 Å². The Labute approximate surface area is 179 Å². The first kappa shape index (κ1) is 19.1. The Morgan fingerprint density at radius 3 is 2.61 bits per heavy atom. The lowest BCUT2D eigenvalue weighted by molar-refractivity contribution is 0.100. The van der Waals surface area contributed by atoms with Crippen LogP contribution in [0.5, 0.6) is 0 Å². The molecule has 0 atom stereocenters. The number of imidazole rings is 1. The molecule has 0 radical (unpaired) electrons. The average molecular weight is 414 g/mol. The van der Waals surface area contributed by atoms with E-state index >= 15 is 0 Å². The van der Waals surface area contributed by atoms with E-state index in [4.69, 9.17) is 15.5 Å². The number of rotatable bonds is 5. The minimum absolute atomic E-state index is 0.426. The number of carbonyl (C=O) groups excluding carboxylic acids is 1. The summed E-state index contributed by atoms with van der Waals surface area (Å²) in [5.41, 5.74) is 10.1. The Morgan fingerprint density at radius 2 is 1.84 bits per heavy atom. The first-order valence-electron chi connectivity index (χ1n) is 10.1. The zero-order valence-corrected chi connectivity index (χ0v) is 16.9. The lowest BCUT2D eigenvalue weighted by Crippen LogP contribution is -2.36. The molecule has 3 heterocycles. The van der Waals surface area contributed by atoms with Crippen molar-refractivity contribution in [3.05, 3.63) is 72.7 Å². The highest BCUT2D eigenvalue weighted by molar-refractivity contribution is 5.99. The van der Waals surface area contributed by atoms with Gasteiger partial charge in [-0.05, 0) is 30.3 Å². The summed E-state index contributed by atoms with van der Waals surface area (Å²) < 4.78 is 7.31. The number of fused-ring (bicyclic) bond motifs is 1. The number of hydrogen-bond acceptors (Lipinski definition) is 6. The predicted octanol–water partition coefficient (Wildman–Crippen LogP) is 3.08. The van der Waals surface area contributed by atoms with Crippen LogP contribution in [0.4, 0.5) is 17.2 Å². The third kappa shape index (κ3) is 3.80. The molecule has 3 N–H and O–H groups in total. The van der Waals surface area contributed by atoms with Gasteiger partial charge in [0.05, 0.1) is 18.9 Å². The van der Waals surface area contributed by atoms with Crippen LogP contribution in [0.1, 0.15) is 10.4 Å². The van der Waals surface area contributed by atoms with Crippen LogP contribution < -0.4 is 16.0 Å². The van der Waals surface area contributed by atoms with Gasteiger partial charge in [-0.2, -0.15) is 0 Å². The number of amides is 1. The summed E-state index contributed by atoms with van der Waals surface area (Å²) in [4.78, 5) is 23.4. The number of carbonyl (C=O) groups is 1. The van der Waals surface area contributed by atoms with E-state index in [9.17, 15) is 4.79 Å². The van der Waals surface area contributed by atoms with Crippen molar-refractivity contribution in [3.63, 3.8) is 0 Å². The Balaban J connectivity index is 1.49. The maximum atomic E-state index is 11.9. The number of ether oxygens (including phenoxy) is 1. The van der Waals surface area contributed by atoms with Crippen molar-refractivity contribution >= 4 is 28.7 Å². The highest BCUT2D eigenvalue weighted by Crippen LogP contribution is 2.27. The van der Waals surface area contributed by atoms with Crippen molar-refractivity contribution in [2.45, 2.75) is 0 Å². The topological polar surface area (TPSA) is 97.8 Å². The zero-order chi connectivity index (χ0) is 21.2. The van der Waals surface area contributed by atoms with Gasteiger partial charge in [0.1, 0.15) is 0 Å². The average Bonchev–Trinajstić information content (AvgIpc) is 3.29. The monoisotopic (exact) mass is 414 g/mol. The molecule has 0 saturated carbocycles. The van der Waals surface area contributed by atoms with E-state index in [2.05, 4.69) is 27.3 Å². The van der Waals surface area contributed by atoms with Crippen LogP contribution in [0.3, 0.4) is 0 Å². The Bertz CT molecular complexity index is 1230. The molecule has 1 saturated heterocycles. The van der Waals surface area contributed by atoms with Crippen LogP contribution >= 0.6 is 0 Å². The standard InChI is InChI=1S/C23H22N6O2/c24-21(30)19-4-2-1-3-18(19)20-15-29-10-9-25-23(29)22(27-20)26-16-5-7-17(8-6-16)28-11-13-31-14-12-28/h1-10,15H,11-14H2,(H2,24,30)(H,26,27). The van der Waals surface area contributed by atoms with Gasteiger partial charge >= 0.3 is 0 Å². The lowest BCUT2D eigenvalue weighted by Gasteiger charge is -2.28. The summed E-state index contributed by atoms with van der Waals surface area (Å²) in [6, 6.07) is 15.4. The molecule has 0 bridgehead atoms. The molecular weight excluding hydrogens is 392 g/mol. The molecule has 2 aromatic carbocycles. The van der Waals surface area contributed by atoms with Gasteiger partial charge in [-0.15, -0.1) is 0 Å². The third-order valence-electron chi connectivity index (χ3n) is 5.35. The van der Waals surface area contributed by atoms with Gasteiger partial charge in [0, 0.05) is 54.2 Å². The van der Waals surface area contributed by atoms with Gasteiger partial charge in [-0.25, -0.2) is 9.97 Å². The van der Waals surface area contributed by atoms with Gasteiger partial charge in [-0.1, -0.05) is 18.2 Å². The molecule has 8 heteroatoms. The predicted molar refractivity (Wildman–Crippen MR) is 120 cm³/mol. The maximum absolute atomic E-state index is 11.9. The molecule has 1 aliphatic heterocycles. The molecule has 5 rings (SSSR count). The van der Waals surface area contributed by atoms with Crippen molar-refractivity contribution in [1.82, 2.24) is 14.4 Å². The summed E-state index contributed by atoms with van der Waals surface area (Å²) in [5.74, 6) is 0.109. The number of morpholine rings is 1. The molecule has 8 nitrogen and oxygen atoms in total. The zero-order valence-electron chi connectivity index (χ0n) is 16.9. The minimum atomic E-state index is -0.490. The van der Waals surface area contributed by atoms with Crippen LogP contribution in [0.2, 0.25) is 0 Å². The van der Waals surface area contributed by atoms with Crippen LogP contribution in [0.25, 0.3) is 16.9 Å². The maximum Gasteiger partial charge on any atom is 0.249 e. The van der Waals surface area contributed by atoms with Gasteiger partial charge in [0.2, 0.25) is 5.91 Å². The Hall–Kier alpha value is -3.91. The summed E-state index contributed by atoms with van der Waals surface area (Å²) in [6.07, 6.45) is 5.41. The summed E-state index contributed by atoms with van der Waals surface area (Å²) in [7, 11) is 0. The van der Waals surface area contributed by atoms with E-state index in [1.165, 1.54) is 0 Å². The Kier molecular flexibility index (Phi) is 4.97. The number of primary amides is 1. The molecule has 0 spiro atoms. The number of nitrogens with two attached hydrogens (primary N) is 1. The quantitative estimate of drug-likeness (QED) is 0.521. The van der Waals surface area contributed by atoms with Crippen LogP contribution in [-0.4, -0.2) is 46.6 Å². The lowest BCUT2D eigenvalue weighted by atomic mass is 10.0. The van der Waals surface area contributed by atoms with Gasteiger partial charge in [0.15, 0.2) is 11.5 Å². The number of aromatic nitrogens is 3. The molecule has 1 amide bonds. The SMILES string of the molecule is NC(=O)c1ccccc1-c1cn2ccnc2c(Nc2ccc(N3CCOCC3)cc2)n1. The van der Waals surface area contributed by atoms with E-state index in [1.807, 2.05) is 41.1 Å². The second-order valence-corrected chi connectivity index (χ2v) is 7.31. The van der Waals surface area contributed by atoms with Crippen molar-refractivity contribution in [1.29, 1.82) is 0 Å². The van der Waals surface area contributed by atoms with Crippen molar-refractivity contribution in [2.24, 2.45) is 5.73 Å². The fourth-order valence-electron chi connectivity index (χ4n) is 3.78. The molecule has 4 aromatic rings. The summed E-state index contributed by atoms with van der Waals surface area (Å²) in [5, 5.41) is 3.37. The summed E-state index contributed by atoms with van der Waals surface area (Å²) in [6.45, 7) is 3.29. The minimum Gasteiger partial charge on any atom is -0.378 e. The van der Waals surface area contributed by atoms with E-state index < -0.39 is 5.91 Å². The molecule has 156 valence electrons. The number of benzene rings is 2. The third-order valence-corrected chi connectivity index (χ3v) is 5.35. The van der Waals surface area contributed by atoms with Crippen molar-refractivity contribution in [3.8, 4) is 11.3 Å². The largest absolute Gasteiger partial charge is 0.378 e. The number of hydrogen-bond donors (Lipinski definition) is 2. The molecule has 1 aliphatic rings. The smallest absolute Gasteiger partial charge is 0.249 e. The highest BCUT2D eigenvalue weighted by Gasteiger charge is 2.15. The first-order chi connectivity index (χ1) is 15.2. The highest BCUT2D eigenvalue weighted by atomic mass is 16.5. The molecule has 2 aromatic heterocycles. The molecule has 0 unspecified atom stereocenters. The Morgan fingerprint density at radius 1 is 1.06 bits per heavy atom. The van der Waals surface area contributed by atoms with Gasteiger partial charge in [0.25, 0.3) is 0 Å². The normalized spacial score (nSPS) is 14.0. The van der Waals surface area contributed by atoms with E-state index in [-0.39, 0.29) is 0 Å². The fraction of sp³-hybridized carbons (Fsp3) is 0.174. The molecule has 0 aliphatic carbocycles. The van der Waals surface area contributed by atoms with Crippen molar-refractivity contribution in [2.75, 3.05) is 36.5 Å². The first-order valence-corrected chi connectivity index (χ1v) is 10.1. The van der Waals surface area contributed by atoms with Crippen LogP contribution in [0.15, 0.2) is 67.1 Å². The van der Waals surface area contributed by atoms with Crippen LogP contribution in [-0.2, 0) is 4.74 Å². The van der Waals surface area contributed by atoms with E-state index in [1.54, 1.807) is 18.3 Å². The van der Waals surface area contributed by atoms with Crippen LogP contribution in [0, 0.1) is 0 Å². The second kappa shape index (κ2) is 8.08. The molecular formula is C23H22N6O2. The van der Waals surface area contributed by atoms with E-state index in [0.717, 1.165) is 37.7 Å².